The van der Waals surface area contributed by atoms with Crippen LogP contribution in [0.2, 0.25) is 0 Å². The summed E-state index contributed by atoms with van der Waals surface area (Å²) in [6.07, 6.45) is 1.62. The smallest absolute Gasteiger partial charge is 0.407 e. The second-order valence-electron chi connectivity index (χ2n) is 6.09. The minimum Gasteiger partial charge on any atom is -0.465 e. The molecule has 4 rings (SSSR count). The number of nitrogens with one attached hydrogen (secondary N) is 1. The molecule has 1 aliphatic heterocycles. The van der Waals surface area contributed by atoms with Crippen molar-refractivity contribution >= 4 is 22.7 Å². The largest absolute Gasteiger partial charge is 0.465 e. The fourth-order valence-electron chi connectivity index (χ4n) is 3.08. The van der Waals surface area contributed by atoms with Crippen LogP contribution in [0, 0.1) is 6.92 Å². The van der Waals surface area contributed by atoms with Gasteiger partial charge in [-0.15, -0.1) is 0 Å². The molecule has 0 aliphatic carbocycles. The third kappa shape index (κ3) is 2.98. The van der Waals surface area contributed by atoms with Gasteiger partial charge in [0.2, 0.25) is 11.7 Å². The van der Waals surface area contributed by atoms with E-state index in [9.17, 15) is 4.79 Å². The first-order chi connectivity index (χ1) is 12.1. The number of carbonyl (C=O) groups is 1. The summed E-state index contributed by atoms with van der Waals surface area (Å²) in [7, 11) is 0. The van der Waals surface area contributed by atoms with E-state index >= 15 is 0 Å². The Morgan fingerprint density at radius 2 is 2.28 bits per heavy atom. The summed E-state index contributed by atoms with van der Waals surface area (Å²) in [5, 5.41) is 18.4. The number of hydrogen-bond donors (Lipinski definition) is 2. The third-order valence-corrected chi connectivity index (χ3v) is 4.35. The van der Waals surface area contributed by atoms with Gasteiger partial charge >= 0.3 is 6.09 Å². The van der Waals surface area contributed by atoms with Gasteiger partial charge in [0.15, 0.2) is 0 Å². The zero-order valence-electron chi connectivity index (χ0n) is 13.6. The predicted octanol–water partition coefficient (Wildman–Crippen LogP) is 2.76. The number of rotatable bonds is 3. The number of anilines is 1. The minimum atomic E-state index is -0.884. The zero-order chi connectivity index (χ0) is 17.4. The van der Waals surface area contributed by atoms with Crippen molar-refractivity contribution < 1.29 is 14.4 Å². The number of aryl methyl sites for hydroxylation is 1. The second kappa shape index (κ2) is 6.04. The topological polar surface area (TPSA) is 104 Å². The number of likely N-dealkylation sites (tertiary alicyclic amines) is 1. The van der Waals surface area contributed by atoms with Crippen molar-refractivity contribution in [2.45, 2.75) is 19.4 Å². The number of pyridine rings is 1. The normalized spacial score (nSPS) is 17.2. The van der Waals surface area contributed by atoms with Crippen molar-refractivity contribution in [1.82, 2.24) is 20.0 Å². The summed E-state index contributed by atoms with van der Waals surface area (Å²) in [4.78, 5) is 21.2. The molecule has 1 amide bonds. The SMILES string of the molecule is Cc1nc(-c2ccc3ccnc(N[C@@H]4CCN(C(=O)O)C4)c3c2)no1. The molecule has 1 aromatic carbocycles. The Bertz CT molecular complexity index is 939. The van der Waals surface area contributed by atoms with Gasteiger partial charge in [-0.3, -0.25) is 0 Å². The Morgan fingerprint density at radius 1 is 1.40 bits per heavy atom. The summed E-state index contributed by atoms with van der Waals surface area (Å²) in [5.41, 5.74) is 0.846. The summed E-state index contributed by atoms with van der Waals surface area (Å²) in [6.45, 7) is 2.74. The molecule has 25 heavy (non-hydrogen) atoms. The molecule has 1 aliphatic rings. The van der Waals surface area contributed by atoms with E-state index in [0.717, 1.165) is 28.6 Å². The average molecular weight is 339 g/mol. The molecule has 1 saturated heterocycles. The molecular formula is C17H17N5O3. The highest BCUT2D eigenvalue weighted by Gasteiger charge is 2.26. The standard InChI is InChI=1S/C17H17N5O3/c1-10-19-15(21-25-10)12-3-2-11-4-6-18-16(14(11)8-12)20-13-5-7-22(9-13)17(23)24/h2-4,6,8,13H,5,7,9H2,1H3,(H,18,20)(H,23,24)/t13-/m1/s1. The lowest BCUT2D eigenvalue weighted by Gasteiger charge is -2.16. The number of nitrogens with zero attached hydrogens (tertiary/aromatic N) is 4. The second-order valence-corrected chi connectivity index (χ2v) is 6.09. The summed E-state index contributed by atoms with van der Waals surface area (Å²) in [6, 6.07) is 7.88. The first kappa shape index (κ1) is 15.4. The molecule has 3 heterocycles. The lowest BCUT2D eigenvalue weighted by molar-refractivity contribution is 0.155. The molecule has 2 aromatic heterocycles. The van der Waals surface area contributed by atoms with Crippen LogP contribution in [0.3, 0.4) is 0 Å². The van der Waals surface area contributed by atoms with Gasteiger partial charge in [-0.2, -0.15) is 4.98 Å². The number of amides is 1. The molecule has 0 bridgehead atoms. The van der Waals surface area contributed by atoms with E-state index in [4.69, 9.17) is 9.63 Å². The number of benzene rings is 1. The van der Waals surface area contributed by atoms with Crippen LogP contribution in [-0.2, 0) is 0 Å². The Kier molecular flexibility index (Phi) is 3.72. The maximum absolute atomic E-state index is 11.1. The van der Waals surface area contributed by atoms with Gasteiger partial charge < -0.3 is 19.8 Å². The van der Waals surface area contributed by atoms with Crippen molar-refractivity contribution in [2.24, 2.45) is 0 Å². The van der Waals surface area contributed by atoms with Crippen LogP contribution in [-0.4, -0.2) is 50.4 Å². The first-order valence-corrected chi connectivity index (χ1v) is 8.04. The molecule has 0 radical (unpaired) electrons. The zero-order valence-corrected chi connectivity index (χ0v) is 13.6. The molecule has 8 nitrogen and oxygen atoms in total. The summed E-state index contributed by atoms with van der Waals surface area (Å²) >= 11 is 0. The number of carboxylic acid groups (broad SMARTS) is 1. The van der Waals surface area contributed by atoms with Gasteiger partial charge in [-0.1, -0.05) is 17.3 Å². The fraction of sp³-hybridized carbons (Fsp3) is 0.294. The molecule has 0 unspecified atom stereocenters. The van der Waals surface area contributed by atoms with Gasteiger partial charge in [-0.25, -0.2) is 9.78 Å². The van der Waals surface area contributed by atoms with E-state index < -0.39 is 6.09 Å². The van der Waals surface area contributed by atoms with Gasteiger partial charge in [0.25, 0.3) is 0 Å². The number of aromatic nitrogens is 3. The van der Waals surface area contributed by atoms with Crippen molar-refractivity contribution in [2.75, 3.05) is 18.4 Å². The monoisotopic (exact) mass is 339 g/mol. The molecule has 1 fully saturated rings. The molecular weight excluding hydrogens is 322 g/mol. The van der Waals surface area contributed by atoms with Crippen molar-refractivity contribution in [3.8, 4) is 11.4 Å². The molecule has 1 atom stereocenters. The quantitative estimate of drug-likeness (QED) is 0.756. The van der Waals surface area contributed by atoms with Gasteiger partial charge in [0.1, 0.15) is 5.82 Å². The molecule has 8 heteroatoms. The first-order valence-electron chi connectivity index (χ1n) is 8.04. The molecule has 128 valence electrons. The third-order valence-electron chi connectivity index (χ3n) is 4.35. The Balaban J connectivity index is 1.65. The number of hydrogen-bond acceptors (Lipinski definition) is 6. The maximum atomic E-state index is 11.1. The Labute approximate surface area is 143 Å². The van der Waals surface area contributed by atoms with E-state index in [-0.39, 0.29) is 6.04 Å². The van der Waals surface area contributed by atoms with Gasteiger partial charge in [0, 0.05) is 43.2 Å². The van der Waals surface area contributed by atoms with Crippen LogP contribution < -0.4 is 5.32 Å². The van der Waals surface area contributed by atoms with Crippen LogP contribution >= 0.6 is 0 Å². The minimum absolute atomic E-state index is 0.0466. The lowest BCUT2D eigenvalue weighted by atomic mass is 10.1. The van der Waals surface area contributed by atoms with Crippen LogP contribution in [0.1, 0.15) is 12.3 Å². The maximum Gasteiger partial charge on any atom is 0.407 e. The van der Waals surface area contributed by atoms with E-state index in [2.05, 4.69) is 20.4 Å². The van der Waals surface area contributed by atoms with Gasteiger partial charge in [-0.05, 0) is 23.9 Å². The predicted molar refractivity (Wildman–Crippen MR) is 91.4 cm³/mol. The highest BCUT2D eigenvalue weighted by Crippen LogP contribution is 2.28. The van der Waals surface area contributed by atoms with E-state index in [0.29, 0.717) is 24.8 Å². The van der Waals surface area contributed by atoms with Crippen LogP contribution in [0.25, 0.3) is 22.2 Å². The summed E-state index contributed by atoms with van der Waals surface area (Å²) in [5.74, 6) is 1.78. The van der Waals surface area contributed by atoms with E-state index in [1.54, 1.807) is 13.1 Å². The van der Waals surface area contributed by atoms with E-state index in [1.807, 2.05) is 24.3 Å². The molecule has 2 N–H and O–H groups in total. The number of fused-ring (bicyclic) bond motifs is 1. The van der Waals surface area contributed by atoms with Crippen LogP contribution in [0.15, 0.2) is 35.0 Å². The molecule has 0 spiro atoms. The highest BCUT2D eigenvalue weighted by atomic mass is 16.5. The van der Waals surface area contributed by atoms with Gasteiger partial charge in [0.05, 0.1) is 0 Å². The fourth-order valence-corrected chi connectivity index (χ4v) is 3.08. The van der Waals surface area contributed by atoms with E-state index in [1.165, 1.54) is 4.90 Å². The van der Waals surface area contributed by atoms with Crippen LogP contribution in [0.4, 0.5) is 10.6 Å². The summed E-state index contributed by atoms with van der Waals surface area (Å²) < 4.78 is 5.05. The van der Waals surface area contributed by atoms with Crippen molar-refractivity contribution in [3.05, 3.63) is 36.4 Å². The Morgan fingerprint density at radius 3 is 3.00 bits per heavy atom. The van der Waals surface area contributed by atoms with Crippen LogP contribution in [0.5, 0.6) is 0 Å². The molecule has 3 aromatic rings. The molecule has 0 saturated carbocycles. The van der Waals surface area contributed by atoms with Crippen molar-refractivity contribution in [3.63, 3.8) is 0 Å². The lowest BCUT2D eigenvalue weighted by Crippen LogP contribution is -2.30. The van der Waals surface area contributed by atoms with Crippen molar-refractivity contribution in [1.29, 1.82) is 0 Å². The highest BCUT2D eigenvalue weighted by molar-refractivity contribution is 5.94. The Hall–Kier alpha value is -3.16. The average Bonchev–Trinajstić information content (AvgIpc) is 3.24.